The third-order valence-corrected chi connectivity index (χ3v) is 7.70. The lowest BCUT2D eigenvalue weighted by Gasteiger charge is -2.25. The van der Waals surface area contributed by atoms with E-state index in [4.69, 9.17) is 9.47 Å². The van der Waals surface area contributed by atoms with Gasteiger partial charge in [0.1, 0.15) is 23.9 Å². The zero-order chi connectivity index (χ0) is 24.0. The topological polar surface area (TPSA) is 79.3 Å². The van der Waals surface area contributed by atoms with Gasteiger partial charge in [-0.2, -0.15) is 0 Å². The standard InChI is InChI=1S/C26H30N2O5S/c1-32-24-12-14-26(15-13-24)34(30,31)28(20-21-4-8-23(29)9-5-21)22-6-10-25(11-7-22)33-19-18-27-16-2-3-17-27/h4-15,29H,2-3,16-20H2,1H3. The van der Waals surface area contributed by atoms with Gasteiger partial charge in [-0.1, -0.05) is 12.1 Å². The fraction of sp³-hybridized carbons (Fsp3) is 0.308. The van der Waals surface area contributed by atoms with Gasteiger partial charge in [-0.25, -0.2) is 8.42 Å². The largest absolute Gasteiger partial charge is 0.508 e. The number of nitrogens with zero attached hydrogens (tertiary/aromatic N) is 2. The smallest absolute Gasteiger partial charge is 0.264 e. The van der Waals surface area contributed by atoms with Crippen molar-refractivity contribution in [1.29, 1.82) is 0 Å². The van der Waals surface area contributed by atoms with Crippen molar-refractivity contribution in [3.63, 3.8) is 0 Å². The van der Waals surface area contributed by atoms with Crippen molar-refractivity contribution in [3.05, 3.63) is 78.4 Å². The van der Waals surface area contributed by atoms with Crippen molar-refractivity contribution in [2.75, 3.05) is 37.7 Å². The van der Waals surface area contributed by atoms with Crippen LogP contribution in [0.4, 0.5) is 5.69 Å². The van der Waals surface area contributed by atoms with E-state index in [2.05, 4.69) is 4.90 Å². The molecule has 34 heavy (non-hydrogen) atoms. The fourth-order valence-corrected chi connectivity index (χ4v) is 5.42. The van der Waals surface area contributed by atoms with Crippen molar-refractivity contribution in [1.82, 2.24) is 4.90 Å². The minimum atomic E-state index is -3.86. The maximum absolute atomic E-state index is 13.6. The van der Waals surface area contributed by atoms with Crippen LogP contribution in [0.3, 0.4) is 0 Å². The van der Waals surface area contributed by atoms with Crippen LogP contribution in [0.5, 0.6) is 17.2 Å². The van der Waals surface area contributed by atoms with E-state index >= 15 is 0 Å². The summed E-state index contributed by atoms with van der Waals surface area (Å²) in [6.45, 7) is 3.85. The van der Waals surface area contributed by atoms with Gasteiger partial charge in [0.15, 0.2) is 0 Å². The van der Waals surface area contributed by atoms with E-state index in [1.54, 1.807) is 60.7 Å². The fourth-order valence-electron chi connectivity index (χ4n) is 3.96. The van der Waals surface area contributed by atoms with Crippen LogP contribution in [0, 0.1) is 0 Å². The summed E-state index contributed by atoms with van der Waals surface area (Å²) in [6.07, 6.45) is 2.49. The Kier molecular flexibility index (Phi) is 7.59. The number of aromatic hydroxyl groups is 1. The summed E-state index contributed by atoms with van der Waals surface area (Å²) < 4.78 is 39.6. The lowest BCUT2D eigenvalue weighted by atomic mass is 10.2. The number of methoxy groups -OCH3 is 1. The predicted octanol–water partition coefficient (Wildman–Crippen LogP) is 4.27. The molecule has 3 aromatic carbocycles. The summed E-state index contributed by atoms with van der Waals surface area (Å²) in [5, 5.41) is 9.61. The first-order chi connectivity index (χ1) is 16.5. The summed E-state index contributed by atoms with van der Waals surface area (Å²) in [7, 11) is -2.32. The van der Waals surface area contributed by atoms with Crippen LogP contribution in [-0.2, 0) is 16.6 Å². The number of hydrogen-bond acceptors (Lipinski definition) is 6. The number of sulfonamides is 1. The molecule has 3 aromatic rings. The second kappa shape index (κ2) is 10.8. The van der Waals surface area contributed by atoms with E-state index in [9.17, 15) is 13.5 Å². The molecule has 0 bridgehead atoms. The zero-order valence-electron chi connectivity index (χ0n) is 19.3. The third kappa shape index (κ3) is 5.81. The van der Waals surface area contributed by atoms with Crippen LogP contribution in [0.2, 0.25) is 0 Å². The first-order valence-corrected chi connectivity index (χ1v) is 12.8. The van der Waals surface area contributed by atoms with Crippen LogP contribution in [0.25, 0.3) is 0 Å². The quantitative estimate of drug-likeness (QED) is 0.465. The summed E-state index contributed by atoms with van der Waals surface area (Å²) >= 11 is 0. The van der Waals surface area contributed by atoms with Crippen LogP contribution < -0.4 is 13.8 Å². The SMILES string of the molecule is COc1ccc(S(=O)(=O)N(Cc2ccc(O)cc2)c2ccc(OCCN3CCCC3)cc2)cc1. The van der Waals surface area contributed by atoms with Crippen molar-refractivity contribution in [2.45, 2.75) is 24.3 Å². The number of phenolic OH excluding ortho intramolecular Hbond substituents is 1. The zero-order valence-corrected chi connectivity index (χ0v) is 20.1. The molecule has 0 atom stereocenters. The summed E-state index contributed by atoms with van der Waals surface area (Å²) in [4.78, 5) is 2.55. The minimum Gasteiger partial charge on any atom is -0.508 e. The number of ether oxygens (including phenoxy) is 2. The Morgan fingerprint density at radius 2 is 1.50 bits per heavy atom. The van der Waals surface area contributed by atoms with Crippen LogP contribution >= 0.6 is 0 Å². The van der Waals surface area contributed by atoms with Crippen molar-refractivity contribution >= 4 is 15.7 Å². The normalized spacial score (nSPS) is 14.1. The van der Waals surface area contributed by atoms with Gasteiger partial charge in [0.05, 0.1) is 24.2 Å². The van der Waals surface area contributed by atoms with Gasteiger partial charge in [0, 0.05) is 6.54 Å². The molecule has 8 heteroatoms. The van der Waals surface area contributed by atoms with Crippen molar-refractivity contribution < 1.29 is 23.0 Å². The van der Waals surface area contributed by atoms with E-state index < -0.39 is 10.0 Å². The van der Waals surface area contributed by atoms with Gasteiger partial charge >= 0.3 is 0 Å². The van der Waals surface area contributed by atoms with Gasteiger partial charge in [-0.05, 0) is 92.2 Å². The lowest BCUT2D eigenvalue weighted by molar-refractivity contribution is 0.238. The Labute approximate surface area is 201 Å². The van der Waals surface area contributed by atoms with Crippen LogP contribution in [-0.4, -0.2) is 51.8 Å². The number of phenols is 1. The Hall–Kier alpha value is -3.23. The Bertz CT molecular complexity index is 1160. The molecule has 0 aromatic heterocycles. The molecule has 0 saturated carbocycles. The molecule has 0 radical (unpaired) electrons. The molecule has 1 fully saturated rings. The molecular weight excluding hydrogens is 452 g/mol. The molecule has 1 aliphatic rings. The number of likely N-dealkylation sites (tertiary alicyclic amines) is 1. The van der Waals surface area contributed by atoms with Gasteiger partial charge in [-0.3, -0.25) is 9.21 Å². The Morgan fingerprint density at radius 3 is 2.12 bits per heavy atom. The molecule has 1 N–H and O–H groups in total. The molecule has 7 nitrogen and oxygen atoms in total. The van der Waals surface area contributed by atoms with E-state index in [-0.39, 0.29) is 17.2 Å². The van der Waals surface area contributed by atoms with E-state index in [0.29, 0.717) is 23.8 Å². The first kappa shape index (κ1) is 23.9. The predicted molar refractivity (Wildman–Crippen MR) is 132 cm³/mol. The Morgan fingerprint density at radius 1 is 0.882 bits per heavy atom. The molecular formula is C26H30N2O5S. The van der Waals surface area contributed by atoms with Gasteiger partial charge in [0.2, 0.25) is 0 Å². The highest BCUT2D eigenvalue weighted by Gasteiger charge is 2.25. The molecule has 180 valence electrons. The molecule has 0 aliphatic carbocycles. The lowest BCUT2D eigenvalue weighted by Crippen LogP contribution is -2.30. The van der Waals surface area contributed by atoms with Gasteiger partial charge in [-0.15, -0.1) is 0 Å². The maximum Gasteiger partial charge on any atom is 0.264 e. The molecule has 1 saturated heterocycles. The number of anilines is 1. The second-order valence-corrected chi connectivity index (χ2v) is 10.1. The summed E-state index contributed by atoms with van der Waals surface area (Å²) in [5.41, 5.74) is 1.27. The number of hydrogen-bond donors (Lipinski definition) is 1. The molecule has 4 rings (SSSR count). The maximum atomic E-state index is 13.6. The molecule has 0 amide bonds. The van der Waals surface area contributed by atoms with Crippen LogP contribution in [0.1, 0.15) is 18.4 Å². The molecule has 0 unspecified atom stereocenters. The second-order valence-electron chi connectivity index (χ2n) is 8.24. The van der Waals surface area contributed by atoms with Gasteiger partial charge < -0.3 is 14.6 Å². The highest BCUT2D eigenvalue weighted by atomic mass is 32.2. The van der Waals surface area contributed by atoms with E-state index in [0.717, 1.165) is 25.2 Å². The van der Waals surface area contributed by atoms with Crippen LogP contribution in [0.15, 0.2) is 77.7 Å². The highest BCUT2D eigenvalue weighted by Crippen LogP contribution is 2.29. The Balaban J connectivity index is 1.56. The monoisotopic (exact) mass is 482 g/mol. The highest BCUT2D eigenvalue weighted by molar-refractivity contribution is 7.92. The molecule has 1 aliphatic heterocycles. The van der Waals surface area contributed by atoms with Crippen molar-refractivity contribution in [2.24, 2.45) is 0 Å². The average molecular weight is 483 g/mol. The summed E-state index contributed by atoms with van der Waals surface area (Å²) in [5.74, 6) is 1.41. The van der Waals surface area contributed by atoms with Gasteiger partial charge in [0.25, 0.3) is 10.0 Å². The molecule has 0 spiro atoms. The van der Waals surface area contributed by atoms with Crippen molar-refractivity contribution in [3.8, 4) is 17.2 Å². The molecule has 1 heterocycles. The number of rotatable bonds is 10. The third-order valence-electron chi connectivity index (χ3n) is 5.91. The average Bonchev–Trinajstić information content (AvgIpc) is 3.38. The van der Waals surface area contributed by atoms with E-state index in [1.165, 1.54) is 36.4 Å². The minimum absolute atomic E-state index is 0.115. The number of benzene rings is 3. The first-order valence-electron chi connectivity index (χ1n) is 11.4. The van der Waals surface area contributed by atoms with E-state index in [1.807, 2.05) is 0 Å². The summed E-state index contributed by atoms with van der Waals surface area (Å²) in [6, 6.07) is 19.9.